The molecule has 0 heterocycles. The van der Waals surface area contributed by atoms with E-state index in [9.17, 15) is 0 Å². The van der Waals surface area contributed by atoms with Gasteiger partial charge in [0.1, 0.15) is 5.16 Å². The average Bonchev–Trinajstić information content (AvgIpc) is 1.65. The topological polar surface area (TPSA) is 29.3 Å². The highest BCUT2D eigenvalue weighted by Crippen LogP contribution is 1.92. The van der Waals surface area contributed by atoms with Crippen molar-refractivity contribution in [2.75, 3.05) is 7.05 Å². The fraction of sp³-hybridized carbons (Fsp3) is 0.200. The molecule has 0 aliphatic heterocycles. The van der Waals surface area contributed by atoms with Gasteiger partial charge in [0.25, 0.3) is 0 Å². The second-order valence-electron chi connectivity index (χ2n) is 1.36. The first-order valence-corrected chi connectivity index (χ1v) is 2.52. The first-order chi connectivity index (χ1) is 3.66. The molecule has 0 aromatic heterocycles. The van der Waals surface area contributed by atoms with Crippen LogP contribution in [0.25, 0.3) is 0 Å². The molecule has 0 unspecified atom stereocenters. The summed E-state index contributed by atoms with van der Waals surface area (Å²) in [6, 6.07) is 0. The van der Waals surface area contributed by atoms with Crippen molar-refractivity contribution in [2.24, 2.45) is 5.73 Å². The van der Waals surface area contributed by atoms with Gasteiger partial charge in [-0.15, -0.1) is 0 Å². The van der Waals surface area contributed by atoms with E-state index < -0.39 is 0 Å². The summed E-state index contributed by atoms with van der Waals surface area (Å²) in [5, 5.41) is 0.257. The standard InChI is InChI=1S/C5H9ClN2/c1-3-8(2)4-5(6)7/h3-4H,1,7H2,2H3/b5-4-. The smallest absolute Gasteiger partial charge is 0.116 e. The molecule has 0 rings (SSSR count). The van der Waals surface area contributed by atoms with Gasteiger partial charge in [0.2, 0.25) is 0 Å². The minimum absolute atomic E-state index is 0.257. The first kappa shape index (κ1) is 7.37. The summed E-state index contributed by atoms with van der Waals surface area (Å²) in [5.41, 5.74) is 5.11. The van der Waals surface area contributed by atoms with Crippen molar-refractivity contribution in [3.63, 3.8) is 0 Å². The van der Waals surface area contributed by atoms with Gasteiger partial charge in [0, 0.05) is 13.2 Å². The third-order valence-corrected chi connectivity index (χ3v) is 0.713. The number of nitrogens with two attached hydrogens (primary N) is 1. The van der Waals surface area contributed by atoms with E-state index in [1.54, 1.807) is 24.3 Å². The number of hydrogen-bond acceptors (Lipinski definition) is 2. The summed E-state index contributed by atoms with van der Waals surface area (Å²) in [4.78, 5) is 1.67. The molecule has 2 nitrogen and oxygen atoms in total. The van der Waals surface area contributed by atoms with Gasteiger partial charge in [-0.25, -0.2) is 0 Å². The van der Waals surface area contributed by atoms with Crippen LogP contribution in [0.3, 0.4) is 0 Å². The van der Waals surface area contributed by atoms with Crippen LogP contribution in [0.5, 0.6) is 0 Å². The second-order valence-corrected chi connectivity index (χ2v) is 1.80. The Labute approximate surface area is 54.2 Å². The molecule has 0 saturated carbocycles. The van der Waals surface area contributed by atoms with Crippen LogP contribution < -0.4 is 5.73 Å². The predicted molar refractivity (Wildman–Crippen MR) is 36.1 cm³/mol. The molecule has 0 atom stereocenters. The Morgan fingerprint density at radius 2 is 2.38 bits per heavy atom. The summed E-state index contributed by atoms with van der Waals surface area (Å²) in [5.74, 6) is 0. The van der Waals surface area contributed by atoms with Crippen LogP contribution in [0.1, 0.15) is 0 Å². The van der Waals surface area contributed by atoms with E-state index in [0.717, 1.165) is 0 Å². The van der Waals surface area contributed by atoms with Gasteiger partial charge in [0.05, 0.1) is 0 Å². The molecule has 0 aromatic rings. The van der Waals surface area contributed by atoms with Crippen molar-refractivity contribution in [2.45, 2.75) is 0 Å². The zero-order valence-electron chi connectivity index (χ0n) is 4.76. The van der Waals surface area contributed by atoms with Crippen LogP contribution in [0, 0.1) is 0 Å². The fourth-order valence-electron chi connectivity index (χ4n) is 0.247. The molecule has 0 fully saturated rings. The van der Waals surface area contributed by atoms with Crippen LogP contribution >= 0.6 is 11.6 Å². The zero-order valence-corrected chi connectivity index (χ0v) is 5.52. The zero-order chi connectivity index (χ0) is 6.57. The van der Waals surface area contributed by atoms with Crippen molar-refractivity contribution < 1.29 is 0 Å². The molecule has 0 radical (unpaired) electrons. The average molecular weight is 133 g/mol. The molecular weight excluding hydrogens is 124 g/mol. The van der Waals surface area contributed by atoms with Gasteiger partial charge >= 0.3 is 0 Å². The van der Waals surface area contributed by atoms with E-state index in [2.05, 4.69) is 6.58 Å². The summed E-state index contributed by atoms with van der Waals surface area (Å²) >= 11 is 5.30. The SMILES string of the molecule is C=CN(C)/C=C(\N)Cl. The summed E-state index contributed by atoms with van der Waals surface area (Å²) < 4.78 is 0. The molecule has 8 heavy (non-hydrogen) atoms. The van der Waals surface area contributed by atoms with Gasteiger partial charge in [-0.05, 0) is 6.20 Å². The Bertz CT molecular complexity index is 105. The van der Waals surface area contributed by atoms with Crippen LogP contribution in [0.15, 0.2) is 24.1 Å². The molecule has 2 N–H and O–H groups in total. The maximum atomic E-state index is 5.30. The third kappa shape index (κ3) is 3.56. The van der Waals surface area contributed by atoms with Gasteiger partial charge in [-0.2, -0.15) is 0 Å². The third-order valence-electron chi connectivity index (χ3n) is 0.615. The van der Waals surface area contributed by atoms with Crippen molar-refractivity contribution in [1.29, 1.82) is 0 Å². The van der Waals surface area contributed by atoms with Gasteiger partial charge in [-0.3, -0.25) is 0 Å². The molecule has 0 spiro atoms. The van der Waals surface area contributed by atoms with Crippen molar-refractivity contribution in [3.05, 3.63) is 24.1 Å². The monoisotopic (exact) mass is 132 g/mol. The summed E-state index contributed by atoms with van der Waals surface area (Å²) in [7, 11) is 1.79. The second kappa shape index (κ2) is 3.38. The Balaban J connectivity index is 3.68. The minimum Gasteiger partial charge on any atom is -0.388 e. The normalized spacial score (nSPS) is 11.0. The molecule has 3 heteroatoms. The lowest BCUT2D eigenvalue weighted by molar-refractivity contribution is 0.624. The maximum Gasteiger partial charge on any atom is 0.116 e. The number of rotatable bonds is 2. The molecule has 0 aromatic carbocycles. The highest BCUT2D eigenvalue weighted by Gasteiger charge is 1.81. The molecule has 0 aliphatic carbocycles. The Morgan fingerprint density at radius 1 is 1.88 bits per heavy atom. The predicted octanol–water partition coefficient (Wildman–Crippen LogP) is 1.06. The van der Waals surface area contributed by atoms with Gasteiger partial charge < -0.3 is 10.6 Å². The molecular formula is C5H9ClN2. The Kier molecular flexibility index (Phi) is 3.12. The first-order valence-electron chi connectivity index (χ1n) is 2.14. The number of nitrogens with zero attached hydrogens (tertiary/aromatic N) is 1. The van der Waals surface area contributed by atoms with Crippen LogP contribution in [0.4, 0.5) is 0 Å². The van der Waals surface area contributed by atoms with E-state index in [4.69, 9.17) is 17.3 Å². The van der Waals surface area contributed by atoms with E-state index in [1.807, 2.05) is 0 Å². The summed E-state index contributed by atoms with van der Waals surface area (Å²) in [6.07, 6.45) is 3.17. The van der Waals surface area contributed by atoms with E-state index >= 15 is 0 Å². The highest BCUT2D eigenvalue weighted by atomic mass is 35.5. The summed E-state index contributed by atoms with van der Waals surface area (Å²) in [6.45, 7) is 3.48. The lowest BCUT2D eigenvalue weighted by Gasteiger charge is -2.03. The maximum absolute atomic E-state index is 5.30. The van der Waals surface area contributed by atoms with E-state index in [1.165, 1.54) is 0 Å². The Hall–Kier alpha value is -0.630. The lowest BCUT2D eigenvalue weighted by Crippen LogP contribution is -2.02. The highest BCUT2D eigenvalue weighted by molar-refractivity contribution is 6.28. The van der Waals surface area contributed by atoms with Crippen LogP contribution in [0.2, 0.25) is 0 Å². The van der Waals surface area contributed by atoms with Crippen molar-refractivity contribution >= 4 is 11.6 Å². The number of halogens is 1. The molecule has 0 bridgehead atoms. The van der Waals surface area contributed by atoms with Gasteiger partial charge in [-0.1, -0.05) is 18.2 Å². The Morgan fingerprint density at radius 3 is 2.50 bits per heavy atom. The van der Waals surface area contributed by atoms with Gasteiger partial charge in [0.15, 0.2) is 0 Å². The van der Waals surface area contributed by atoms with E-state index in [0.29, 0.717) is 0 Å². The molecule has 0 saturated heterocycles. The largest absolute Gasteiger partial charge is 0.388 e. The van der Waals surface area contributed by atoms with Crippen molar-refractivity contribution in [3.8, 4) is 0 Å². The molecule has 0 aliphatic rings. The minimum atomic E-state index is 0.257. The van der Waals surface area contributed by atoms with E-state index in [-0.39, 0.29) is 5.16 Å². The van der Waals surface area contributed by atoms with Crippen LogP contribution in [-0.4, -0.2) is 11.9 Å². The number of hydrogen-bond donors (Lipinski definition) is 1. The van der Waals surface area contributed by atoms with Crippen LogP contribution in [-0.2, 0) is 0 Å². The fourth-order valence-corrected chi connectivity index (χ4v) is 0.401. The lowest BCUT2D eigenvalue weighted by atomic mass is 10.7. The molecule has 46 valence electrons. The van der Waals surface area contributed by atoms with Crippen molar-refractivity contribution in [1.82, 2.24) is 4.90 Å². The quantitative estimate of drug-likeness (QED) is 0.570. The molecule has 0 amide bonds.